The van der Waals surface area contributed by atoms with E-state index in [0.717, 1.165) is 5.69 Å². The summed E-state index contributed by atoms with van der Waals surface area (Å²) in [6.45, 7) is 2.80. The van der Waals surface area contributed by atoms with Crippen LogP contribution >= 0.6 is 0 Å². The number of carbonyl (C=O) groups excluding carboxylic acids is 2. The number of nitrogens with zero attached hydrogens (tertiary/aromatic N) is 2. The van der Waals surface area contributed by atoms with E-state index >= 15 is 0 Å². The van der Waals surface area contributed by atoms with Gasteiger partial charge in [-0.25, -0.2) is 4.79 Å². The first kappa shape index (κ1) is 16.3. The Morgan fingerprint density at radius 1 is 1.08 bits per heavy atom. The first-order valence-electron chi connectivity index (χ1n) is 8.47. The molecular weight excluding hydrogens is 334 g/mol. The van der Waals surface area contributed by atoms with Gasteiger partial charge in [-0.15, -0.1) is 0 Å². The van der Waals surface area contributed by atoms with Gasteiger partial charge in [0.1, 0.15) is 6.04 Å². The fourth-order valence-corrected chi connectivity index (χ4v) is 3.17. The van der Waals surface area contributed by atoms with Crippen molar-refractivity contribution < 1.29 is 19.1 Å². The SMILES string of the molecule is CC1C(=O)N(c2ccc3c(c2)OCO3)CCN1C(=O)Nc1ccccc1. The molecule has 3 amide bonds. The minimum absolute atomic E-state index is 0.127. The molecule has 2 aliphatic rings. The zero-order valence-corrected chi connectivity index (χ0v) is 14.3. The van der Waals surface area contributed by atoms with Crippen LogP contribution in [-0.2, 0) is 4.79 Å². The van der Waals surface area contributed by atoms with Gasteiger partial charge in [0.15, 0.2) is 11.5 Å². The van der Waals surface area contributed by atoms with Crippen LogP contribution < -0.4 is 19.7 Å². The Bertz CT molecular complexity index is 840. The molecule has 1 fully saturated rings. The Kier molecular flexibility index (Phi) is 4.12. The number of nitrogens with one attached hydrogen (secondary N) is 1. The minimum atomic E-state index is -0.558. The Morgan fingerprint density at radius 3 is 2.65 bits per heavy atom. The average molecular weight is 353 g/mol. The lowest BCUT2D eigenvalue weighted by atomic mass is 10.1. The van der Waals surface area contributed by atoms with Crippen LogP contribution in [0.15, 0.2) is 48.5 Å². The van der Waals surface area contributed by atoms with Crippen molar-refractivity contribution in [2.24, 2.45) is 0 Å². The highest BCUT2D eigenvalue weighted by molar-refractivity contribution is 6.02. The summed E-state index contributed by atoms with van der Waals surface area (Å²) in [5.74, 6) is 1.18. The standard InChI is InChI=1S/C19H19N3O4/c1-13-18(23)22(15-7-8-16-17(11-15)26-12-25-16)10-9-21(13)19(24)20-14-5-3-2-4-6-14/h2-8,11,13H,9-10,12H2,1H3,(H,20,24). The van der Waals surface area contributed by atoms with Gasteiger partial charge in [0.25, 0.3) is 0 Å². The molecule has 7 nitrogen and oxygen atoms in total. The second-order valence-electron chi connectivity index (χ2n) is 6.19. The Labute approximate surface area is 151 Å². The third-order valence-corrected chi connectivity index (χ3v) is 4.61. The van der Waals surface area contributed by atoms with Gasteiger partial charge in [0.05, 0.1) is 0 Å². The fraction of sp³-hybridized carbons (Fsp3) is 0.263. The number of rotatable bonds is 2. The second-order valence-corrected chi connectivity index (χ2v) is 6.19. The van der Waals surface area contributed by atoms with Gasteiger partial charge in [0, 0.05) is 30.5 Å². The summed E-state index contributed by atoms with van der Waals surface area (Å²) < 4.78 is 10.7. The molecular formula is C19H19N3O4. The molecule has 2 heterocycles. The number of anilines is 2. The van der Waals surface area contributed by atoms with Crippen LogP contribution in [-0.4, -0.2) is 42.8 Å². The van der Waals surface area contributed by atoms with Crippen LogP contribution in [0.1, 0.15) is 6.92 Å². The molecule has 7 heteroatoms. The van der Waals surface area contributed by atoms with E-state index in [4.69, 9.17) is 9.47 Å². The summed E-state index contributed by atoms with van der Waals surface area (Å²) in [5, 5.41) is 2.83. The lowest BCUT2D eigenvalue weighted by Crippen LogP contribution is -2.58. The second kappa shape index (κ2) is 6.59. The van der Waals surface area contributed by atoms with Crippen molar-refractivity contribution in [3.63, 3.8) is 0 Å². The quantitative estimate of drug-likeness (QED) is 0.901. The summed E-state index contributed by atoms with van der Waals surface area (Å²) in [6, 6.07) is 13.8. The maximum Gasteiger partial charge on any atom is 0.322 e. The third-order valence-electron chi connectivity index (χ3n) is 4.61. The molecule has 2 aromatic rings. The van der Waals surface area contributed by atoms with Crippen LogP contribution in [0.2, 0.25) is 0 Å². The average Bonchev–Trinajstić information content (AvgIpc) is 3.12. The van der Waals surface area contributed by atoms with E-state index in [-0.39, 0.29) is 18.7 Å². The van der Waals surface area contributed by atoms with E-state index in [9.17, 15) is 9.59 Å². The van der Waals surface area contributed by atoms with Crippen LogP contribution in [0, 0.1) is 0 Å². The molecule has 0 spiro atoms. The minimum Gasteiger partial charge on any atom is -0.454 e. The largest absolute Gasteiger partial charge is 0.454 e. The molecule has 1 saturated heterocycles. The highest BCUT2D eigenvalue weighted by Crippen LogP contribution is 2.36. The number of benzene rings is 2. The van der Waals surface area contributed by atoms with Crippen molar-refractivity contribution in [2.45, 2.75) is 13.0 Å². The molecule has 1 atom stereocenters. The van der Waals surface area contributed by atoms with Gasteiger partial charge in [-0.2, -0.15) is 0 Å². The van der Waals surface area contributed by atoms with Crippen molar-refractivity contribution >= 4 is 23.3 Å². The highest BCUT2D eigenvalue weighted by Gasteiger charge is 2.35. The molecule has 0 bridgehead atoms. The number of amides is 3. The number of hydrogen-bond acceptors (Lipinski definition) is 4. The number of piperazine rings is 1. The normalized spacial score (nSPS) is 18.8. The van der Waals surface area contributed by atoms with Gasteiger partial charge in [0.2, 0.25) is 12.7 Å². The van der Waals surface area contributed by atoms with Crippen molar-refractivity contribution in [1.29, 1.82) is 0 Å². The molecule has 0 aromatic heterocycles. The van der Waals surface area contributed by atoms with Crippen molar-refractivity contribution in [1.82, 2.24) is 4.90 Å². The summed E-state index contributed by atoms with van der Waals surface area (Å²) in [5.41, 5.74) is 1.45. The molecule has 1 N–H and O–H groups in total. The van der Waals surface area contributed by atoms with E-state index in [1.165, 1.54) is 0 Å². The molecule has 0 aliphatic carbocycles. The zero-order valence-electron chi connectivity index (χ0n) is 14.3. The van der Waals surface area contributed by atoms with Crippen molar-refractivity contribution in [3.8, 4) is 11.5 Å². The zero-order chi connectivity index (χ0) is 18.1. The molecule has 2 aliphatic heterocycles. The smallest absolute Gasteiger partial charge is 0.322 e. The van der Waals surface area contributed by atoms with Gasteiger partial charge in [-0.3, -0.25) is 4.79 Å². The van der Waals surface area contributed by atoms with E-state index in [0.29, 0.717) is 30.3 Å². The van der Waals surface area contributed by atoms with Crippen LogP contribution in [0.5, 0.6) is 11.5 Å². The first-order valence-corrected chi connectivity index (χ1v) is 8.47. The third kappa shape index (κ3) is 2.92. The summed E-state index contributed by atoms with van der Waals surface area (Å²) in [4.78, 5) is 28.6. The predicted octanol–water partition coefficient (Wildman–Crippen LogP) is 2.68. The predicted molar refractivity (Wildman–Crippen MR) is 96.5 cm³/mol. The van der Waals surface area contributed by atoms with Crippen LogP contribution in [0.3, 0.4) is 0 Å². The molecule has 4 rings (SSSR count). The number of para-hydroxylation sites is 1. The fourth-order valence-electron chi connectivity index (χ4n) is 3.17. The Hall–Kier alpha value is -3.22. The molecule has 0 saturated carbocycles. The van der Waals surface area contributed by atoms with Crippen LogP contribution in [0.4, 0.5) is 16.2 Å². The van der Waals surface area contributed by atoms with E-state index in [1.807, 2.05) is 36.4 Å². The summed E-state index contributed by atoms with van der Waals surface area (Å²) in [7, 11) is 0. The van der Waals surface area contributed by atoms with Crippen LogP contribution in [0.25, 0.3) is 0 Å². The van der Waals surface area contributed by atoms with Gasteiger partial charge < -0.3 is 24.6 Å². The molecule has 1 unspecified atom stereocenters. The number of fused-ring (bicyclic) bond motifs is 1. The van der Waals surface area contributed by atoms with E-state index < -0.39 is 6.04 Å². The van der Waals surface area contributed by atoms with E-state index in [2.05, 4.69) is 5.32 Å². The van der Waals surface area contributed by atoms with Crippen molar-refractivity contribution in [2.75, 3.05) is 30.1 Å². The molecule has 26 heavy (non-hydrogen) atoms. The van der Waals surface area contributed by atoms with Crippen molar-refractivity contribution in [3.05, 3.63) is 48.5 Å². The maximum atomic E-state index is 12.8. The monoisotopic (exact) mass is 353 g/mol. The first-order chi connectivity index (χ1) is 12.6. The Balaban J connectivity index is 1.47. The summed E-state index contributed by atoms with van der Waals surface area (Å²) in [6.07, 6.45) is 0. The van der Waals surface area contributed by atoms with E-state index in [1.54, 1.807) is 28.9 Å². The number of carbonyl (C=O) groups is 2. The molecule has 134 valence electrons. The van der Waals surface area contributed by atoms with Gasteiger partial charge >= 0.3 is 6.03 Å². The maximum absolute atomic E-state index is 12.8. The number of hydrogen-bond donors (Lipinski definition) is 1. The lowest BCUT2D eigenvalue weighted by molar-refractivity contribution is -0.123. The number of urea groups is 1. The Morgan fingerprint density at radius 2 is 1.85 bits per heavy atom. The molecule has 2 aromatic carbocycles. The lowest BCUT2D eigenvalue weighted by Gasteiger charge is -2.39. The molecule has 0 radical (unpaired) electrons. The summed E-state index contributed by atoms with van der Waals surface area (Å²) >= 11 is 0. The van der Waals surface area contributed by atoms with Gasteiger partial charge in [-0.1, -0.05) is 18.2 Å². The topological polar surface area (TPSA) is 71.1 Å². The number of ether oxygens (including phenoxy) is 2. The highest BCUT2D eigenvalue weighted by atomic mass is 16.7. The van der Waals surface area contributed by atoms with Gasteiger partial charge in [-0.05, 0) is 31.2 Å².